The Hall–Kier alpha value is -1.49. The molecule has 1 aliphatic rings. The fraction of sp³-hybridized carbons (Fsp3) is 0.500. The zero-order valence-electron chi connectivity index (χ0n) is 8.51. The molecule has 80 valence electrons. The van der Waals surface area contributed by atoms with Crippen LogP contribution in [0.25, 0.3) is 0 Å². The maximum atomic E-state index is 11.5. The van der Waals surface area contributed by atoms with Crippen molar-refractivity contribution < 1.29 is 9.63 Å². The Labute approximate surface area is 87.8 Å². The summed E-state index contributed by atoms with van der Waals surface area (Å²) in [6.07, 6.45) is 3.96. The van der Waals surface area contributed by atoms with Gasteiger partial charge in [0, 0.05) is 6.20 Å². The van der Waals surface area contributed by atoms with E-state index in [0.29, 0.717) is 5.92 Å². The van der Waals surface area contributed by atoms with Crippen molar-refractivity contribution in [2.24, 2.45) is 5.92 Å². The first kappa shape index (κ1) is 10.0. The van der Waals surface area contributed by atoms with Gasteiger partial charge < -0.3 is 0 Å². The number of hydroxylamine groups is 1. The third-order valence-electron chi connectivity index (χ3n) is 2.43. The molecule has 1 aromatic rings. The molecular weight excluding hydrogens is 194 g/mol. The summed E-state index contributed by atoms with van der Waals surface area (Å²) in [4.78, 5) is 16.7. The second-order valence-corrected chi connectivity index (χ2v) is 3.70. The SMILES string of the molecule is CC(ONC(=O)c1cccnn1)C1CC1. The molecule has 1 aliphatic carbocycles. The first-order valence-corrected chi connectivity index (χ1v) is 5.01. The largest absolute Gasteiger partial charge is 0.295 e. The van der Waals surface area contributed by atoms with E-state index in [1.165, 1.54) is 19.0 Å². The van der Waals surface area contributed by atoms with Crippen molar-refractivity contribution in [1.82, 2.24) is 15.7 Å². The quantitative estimate of drug-likeness (QED) is 0.746. The zero-order valence-corrected chi connectivity index (χ0v) is 8.51. The first-order valence-electron chi connectivity index (χ1n) is 5.01. The average molecular weight is 207 g/mol. The summed E-state index contributed by atoms with van der Waals surface area (Å²) >= 11 is 0. The van der Waals surface area contributed by atoms with Crippen LogP contribution in [0.5, 0.6) is 0 Å². The number of carbonyl (C=O) groups excluding carboxylic acids is 1. The lowest BCUT2D eigenvalue weighted by Gasteiger charge is -2.11. The lowest BCUT2D eigenvalue weighted by Crippen LogP contribution is -2.29. The van der Waals surface area contributed by atoms with Crippen molar-refractivity contribution in [1.29, 1.82) is 0 Å². The van der Waals surface area contributed by atoms with Crippen LogP contribution < -0.4 is 5.48 Å². The topological polar surface area (TPSA) is 64.1 Å². The summed E-state index contributed by atoms with van der Waals surface area (Å²) in [5.74, 6) is 0.239. The summed E-state index contributed by atoms with van der Waals surface area (Å²) in [5, 5.41) is 7.29. The summed E-state index contributed by atoms with van der Waals surface area (Å²) in [6.45, 7) is 1.95. The van der Waals surface area contributed by atoms with E-state index in [0.717, 1.165) is 0 Å². The highest BCUT2D eigenvalue weighted by Gasteiger charge is 2.29. The van der Waals surface area contributed by atoms with Crippen molar-refractivity contribution in [3.05, 3.63) is 24.0 Å². The minimum Gasteiger partial charge on any atom is -0.270 e. The van der Waals surface area contributed by atoms with Crippen LogP contribution in [0.15, 0.2) is 18.3 Å². The predicted molar refractivity (Wildman–Crippen MR) is 52.8 cm³/mol. The number of aromatic nitrogens is 2. The van der Waals surface area contributed by atoms with Gasteiger partial charge in [0.1, 0.15) is 0 Å². The molecule has 1 aromatic heterocycles. The highest BCUT2D eigenvalue weighted by atomic mass is 16.7. The molecule has 1 fully saturated rings. The summed E-state index contributed by atoms with van der Waals surface area (Å²) < 4.78 is 0. The molecule has 1 amide bonds. The van der Waals surface area contributed by atoms with Gasteiger partial charge in [-0.25, -0.2) is 5.48 Å². The van der Waals surface area contributed by atoms with Crippen molar-refractivity contribution in [3.63, 3.8) is 0 Å². The predicted octanol–water partition coefficient (Wildman–Crippen LogP) is 0.936. The lowest BCUT2D eigenvalue weighted by molar-refractivity contribution is -0.0173. The zero-order chi connectivity index (χ0) is 10.7. The standard InChI is InChI=1S/C10H13N3O2/c1-7(8-4-5-8)15-13-10(14)9-3-2-6-11-12-9/h2-3,6-8H,4-5H2,1H3,(H,13,14). The van der Waals surface area contributed by atoms with E-state index < -0.39 is 0 Å². The van der Waals surface area contributed by atoms with Gasteiger partial charge in [0.25, 0.3) is 5.91 Å². The minimum absolute atomic E-state index is 0.0746. The van der Waals surface area contributed by atoms with E-state index in [-0.39, 0.29) is 17.7 Å². The number of hydrogen-bond acceptors (Lipinski definition) is 4. The number of rotatable bonds is 4. The summed E-state index contributed by atoms with van der Waals surface area (Å²) in [5.41, 5.74) is 2.64. The number of nitrogens with one attached hydrogen (secondary N) is 1. The lowest BCUT2D eigenvalue weighted by atomic mass is 10.3. The molecule has 1 N–H and O–H groups in total. The fourth-order valence-corrected chi connectivity index (χ4v) is 1.28. The number of nitrogens with zero attached hydrogens (tertiary/aromatic N) is 2. The molecule has 15 heavy (non-hydrogen) atoms. The Morgan fingerprint density at radius 1 is 1.67 bits per heavy atom. The minimum atomic E-state index is -0.351. The van der Waals surface area contributed by atoms with Gasteiger partial charge in [-0.2, -0.15) is 5.10 Å². The Balaban J connectivity index is 1.82. The smallest absolute Gasteiger partial charge is 0.270 e. The molecule has 0 spiro atoms. The van der Waals surface area contributed by atoms with Gasteiger partial charge in [0.15, 0.2) is 5.69 Å². The van der Waals surface area contributed by atoms with E-state index >= 15 is 0 Å². The number of carbonyl (C=O) groups is 1. The normalized spacial score (nSPS) is 17.1. The van der Waals surface area contributed by atoms with Crippen LogP contribution in [0.3, 0.4) is 0 Å². The van der Waals surface area contributed by atoms with Crippen LogP contribution >= 0.6 is 0 Å². The van der Waals surface area contributed by atoms with Gasteiger partial charge in [-0.15, -0.1) is 5.10 Å². The van der Waals surface area contributed by atoms with Gasteiger partial charge >= 0.3 is 0 Å². The number of amides is 1. The molecule has 1 saturated carbocycles. The van der Waals surface area contributed by atoms with E-state index in [9.17, 15) is 4.79 Å². The molecule has 0 aliphatic heterocycles. The molecular formula is C10H13N3O2. The molecule has 0 radical (unpaired) electrons. The van der Waals surface area contributed by atoms with Crippen LogP contribution in [0.4, 0.5) is 0 Å². The van der Waals surface area contributed by atoms with Gasteiger partial charge in [0.2, 0.25) is 0 Å². The highest BCUT2D eigenvalue weighted by molar-refractivity contribution is 5.91. The van der Waals surface area contributed by atoms with Crippen LogP contribution in [0.1, 0.15) is 30.3 Å². The Morgan fingerprint density at radius 2 is 2.47 bits per heavy atom. The van der Waals surface area contributed by atoms with Gasteiger partial charge in [-0.1, -0.05) is 0 Å². The van der Waals surface area contributed by atoms with Crippen molar-refractivity contribution in [2.45, 2.75) is 25.9 Å². The maximum absolute atomic E-state index is 11.5. The van der Waals surface area contributed by atoms with Crippen LogP contribution in [0.2, 0.25) is 0 Å². The molecule has 0 bridgehead atoms. The molecule has 5 nitrogen and oxygen atoms in total. The molecule has 1 atom stereocenters. The van der Waals surface area contributed by atoms with Gasteiger partial charge in [-0.3, -0.25) is 9.63 Å². The third-order valence-corrected chi connectivity index (χ3v) is 2.43. The Morgan fingerprint density at radius 3 is 3.07 bits per heavy atom. The molecule has 0 aromatic carbocycles. The van der Waals surface area contributed by atoms with Gasteiger partial charge in [-0.05, 0) is 37.8 Å². The molecule has 1 unspecified atom stereocenters. The summed E-state index contributed by atoms with van der Waals surface area (Å²) in [7, 11) is 0. The van der Waals surface area contributed by atoms with Crippen LogP contribution in [-0.2, 0) is 4.84 Å². The molecule has 1 heterocycles. The van der Waals surface area contributed by atoms with E-state index in [1.54, 1.807) is 12.1 Å². The highest BCUT2D eigenvalue weighted by Crippen LogP contribution is 2.33. The third kappa shape index (κ3) is 2.73. The van der Waals surface area contributed by atoms with E-state index in [2.05, 4.69) is 15.7 Å². The maximum Gasteiger partial charge on any atom is 0.295 e. The summed E-state index contributed by atoms with van der Waals surface area (Å²) in [6, 6.07) is 3.25. The number of hydrogen-bond donors (Lipinski definition) is 1. The first-order chi connectivity index (χ1) is 7.27. The van der Waals surface area contributed by atoms with E-state index in [1.807, 2.05) is 6.92 Å². The van der Waals surface area contributed by atoms with Crippen molar-refractivity contribution >= 4 is 5.91 Å². The molecule has 2 rings (SSSR count). The average Bonchev–Trinajstić information content (AvgIpc) is 3.10. The fourth-order valence-electron chi connectivity index (χ4n) is 1.28. The Bertz CT molecular complexity index is 338. The Kier molecular flexibility index (Phi) is 2.91. The van der Waals surface area contributed by atoms with Crippen LogP contribution in [-0.4, -0.2) is 22.2 Å². The van der Waals surface area contributed by atoms with Crippen LogP contribution in [0, 0.1) is 5.92 Å². The molecule has 0 saturated heterocycles. The second kappa shape index (κ2) is 4.35. The molecule has 5 heteroatoms. The monoisotopic (exact) mass is 207 g/mol. The van der Waals surface area contributed by atoms with Gasteiger partial charge in [0.05, 0.1) is 6.10 Å². The van der Waals surface area contributed by atoms with E-state index in [4.69, 9.17) is 4.84 Å². The van der Waals surface area contributed by atoms with Crippen molar-refractivity contribution in [2.75, 3.05) is 0 Å². The van der Waals surface area contributed by atoms with Crippen molar-refractivity contribution in [3.8, 4) is 0 Å². The second-order valence-electron chi connectivity index (χ2n) is 3.70.